The molecule has 4 unspecified atom stereocenters. The lowest BCUT2D eigenvalue weighted by Gasteiger charge is -2.47. The van der Waals surface area contributed by atoms with Gasteiger partial charge in [-0.25, -0.2) is 0 Å². The average molecular weight is 282 g/mol. The number of rotatable bonds is 4. The second-order valence-corrected chi connectivity index (χ2v) is 6.94. The van der Waals surface area contributed by atoms with Crippen molar-refractivity contribution in [1.29, 1.82) is 0 Å². The summed E-state index contributed by atoms with van der Waals surface area (Å²) >= 11 is 0. The molecule has 20 heavy (non-hydrogen) atoms. The van der Waals surface area contributed by atoms with E-state index in [0.29, 0.717) is 18.1 Å². The van der Waals surface area contributed by atoms with Gasteiger partial charge in [0, 0.05) is 44.3 Å². The average Bonchev–Trinajstić information content (AvgIpc) is 2.42. The summed E-state index contributed by atoms with van der Waals surface area (Å²) in [6.45, 7) is 14.3. The molecule has 0 saturated carbocycles. The highest BCUT2D eigenvalue weighted by molar-refractivity contribution is 4.91. The molecule has 2 saturated heterocycles. The van der Waals surface area contributed by atoms with Crippen LogP contribution in [-0.2, 0) is 0 Å². The molecular formula is C16H34N4. The quantitative estimate of drug-likeness (QED) is 0.828. The zero-order valence-corrected chi connectivity index (χ0v) is 14.1. The first-order valence-electron chi connectivity index (χ1n) is 8.39. The topological polar surface area (TPSA) is 21.8 Å². The smallest absolute Gasteiger partial charge is 0.0347 e. The minimum absolute atomic E-state index is 0.688. The number of hydrogen-bond donors (Lipinski definition) is 1. The number of piperidine rings is 1. The van der Waals surface area contributed by atoms with E-state index in [-0.39, 0.29) is 0 Å². The van der Waals surface area contributed by atoms with Crippen LogP contribution in [-0.4, -0.2) is 86.2 Å². The van der Waals surface area contributed by atoms with E-state index in [2.05, 4.69) is 54.9 Å². The Morgan fingerprint density at radius 1 is 1.10 bits per heavy atom. The second kappa shape index (κ2) is 7.21. The summed E-state index contributed by atoms with van der Waals surface area (Å²) in [5, 5.41) is 3.66. The zero-order chi connectivity index (χ0) is 14.7. The molecule has 2 aliphatic heterocycles. The van der Waals surface area contributed by atoms with E-state index >= 15 is 0 Å². The fraction of sp³-hybridized carbons (Fsp3) is 1.00. The van der Waals surface area contributed by atoms with Crippen LogP contribution in [0.1, 0.15) is 27.2 Å². The summed E-state index contributed by atoms with van der Waals surface area (Å²) in [6.07, 6.45) is 1.30. The van der Waals surface area contributed by atoms with Crippen LogP contribution in [0.15, 0.2) is 0 Å². The molecule has 0 aromatic carbocycles. The predicted octanol–water partition coefficient (Wildman–Crippen LogP) is 0.941. The monoisotopic (exact) mass is 282 g/mol. The van der Waals surface area contributed by atoms with Crippen LogP contribution in [0.4, 0.5) is 0 Å². The van der Waals surface area contributed by atoms with E-state index in [1.54, 1.807) is 0 Å². The molecule has 1 N–H and O–H groups in total. The maximum Gasteiger partial charge on any atom is 0.0347 e. The fourth-order valence-corrected chi connectivity index (χ4v) is 3.82. The van der Waals surface area contributed by atoms with E-state index in [4.69, 9.17) is 0 Å². The van der Waals surface area contributed by atoms with E-state index in [0.717, 1.165) is 12.5 Å². The lowest BCUT2D eigenvalue weighted by atomic mass is 9.86. The summed E-state index contributed by atoms with van der Waals surface area (Å²) in [4.78, 5) is 7.75. The highest BCUT2D eigenvalue weighted by atomic mass is 15.3. The molecule has 0 amide bonds. The standard InChI is InChI=1S/C16H34N4/c1-6-17-16-7-8-20(14(3)13(16)2)12-15-11-18(4)9-10-19(15)5/h13-17H,6-12H2,1-5H3. The number of hydrogen-bond acceptors (Lipinski definition) is 4. The van der Waals surface area contributed by atoms with E-state index in [1.807, 2.05) is 0 Å². The normalized spacial score (nSPS) is 38.2. The molecular weight excluding hydrogens is 248 g/mol. The van der Waals surface area contributed by atoms with Crippen molar-refractivity contribution < 1.29 is 0 Å². The van der Waals surface area contributed by atoms with Crippen LogP contribution in [0.2, 0.25) is 0 Å². The molecule has 2 heterocycles. The summed E-state index contributed by atoms with van der Waals surface area (Å²) < 4.78 is 0. The number of nitrogens with one attached hydrogen (secondary N) is 1. The first-order chi connectivity index (χ1) is 9.52. The minimum Gasteiger partial charge on any atom is -0.314 e. The van der Waals surface area contributed by atoms with E-state index < -0.39 is 0 Å². The molecule has 4 heteroatoms. The Morgan fingerprint density at radius 2 is 1.85 bits per heavy atom. The van der Waals surface area contributed by atoms with Crippen LogP contribution in [0.3, 0.4) is 0 Å². The molecule has 2 aliphatic rings. The van der Waals surface area contributed by atoms with Crippen molar-refractivity contribution in [1.82, 2.24) is 20.0 Å². The molecule has 118 valence electrons. The third kappa shape index (κ3) is 3.73. The lowest BCUT2D eigenvalue weighted by Crippen LogP contribution is -2.59. The maximum atomic E-state index is 3.66. The van der Waals surface area contributed by atoms with Crippen LogP contribution in [0, 0.1) is 5.92 Å². The number of piperazine rings is 1. The van der Waals surface area contributed by atoms with Gasteiger partial charge in [-0.3, -0.25) is 9.80 Å². The third-order valence-electron chi connectivity index (χ3n) is 5.59. The summed E-state index contributed by atoms with van der Waals surface area (Å²) in [7, 11) is 4.54. The fourth-order valence-electron chi connectivity index (χ4n) is 3.82. The minimum atomic E-state index is 0.688. The van der Waals surface area contributed by atoms with Gasteiger partial charge in [0.1, 0.15) is 0 Å². The zero-order valence-electron chi connectivity index (χ0n) is 14.1. The van der Waals surface area contributed by atoms with Crippen molar-refractivity contribution in [3.8, 4) is 0 Å². The Morgan fingerprint density at radius 3 is 2.55 bits per heavy atom. The van der Waals surface area contributed by atoms with Crippen LogP contribution >= 0.6 is 0 Å². The van der Waals surface area contributed by atoms with Gasteiger partial charge in [0.05, 0.1) is 0 Å². The van der Waals surface area contributed by atoms with Crippen molar-refractivity contribution in [3.63, 3.8) is 0 Å². The molecule has 0 aromatic heterocycles. The summed E-state index contributed by atoms with van der Waals surface area (Å²) in [6, 6.07) is 2.09. The van der Waals surface area contributed by atoms with Gasteiger partial charge in [0.15, 0.2) is 0 Å². The van der Waals surface area contributed by atoms with Crippen LogP contribution in [0.5, 0.6) is 0 Å². The number of nitrogens with zero attached hydrogens (tertiary/aromatic N) is 3. The molecule has 0 bridgehead atoms. The van der Waals surface area contributed by atoms with Gasteiger partial charge in [-0.05, 0) is 46.4 Å². The van der Waals surface area contributed by atoms with Crippen molar-refractivity contribution >= 4 is 0 Å². The molecule has 4 nitrogen and oxygen atoms in total. The first-order valence-corrected chi connectivity index (χ1v) is 8.39. The SMILES string of the molecule is CCNC1CCN(CC2CN(C)CCN2C)C(C)C1C. The Hall–Kier alpha value is -0.160. The van der Waals surface area contributed by atoms with Gasteiger partial charge in [-0.15, -0.1) is 0 Å². The molecule has 2 rings (SSSR count). The molecule has 4 atom stereocenters. The molecule has 0 aromatic rings. The van der Waals surface area contributed by atoms with Crippen molar-refractivity contribution in [2.75, 3.05) is 53.4 Å². The van der Waals surface area contributed by atoms with Crippen LogP contribution < -0.4 is 5.32 Å². The van der Waals surface area contributed by atoms with Gasteiger partial charge in [0.25, 0.3) is 0 Å². The van der Waals surface area contributed by atoms with Crippen LogP contribution in [0.25, 0.3) is 0 Å². The Balaban J connectivity index is 1.90. The van der Waals surface area contributed by atoms with Crippen molar-refractivity contribution in [2.24, 2.45) is 5.92 Å². The first kappa shape index (κ1) is 16.2. The van der Waals surface area contributed by atoms with Gasteiger partial charge < -0.3 is 10.2 Å². The lowest BCUT2D eigenvalue weighted by molar-refractivity contribution is 0.0322. The summed E-state index contributed by atoms with van der Waals surface area (Å²) in [5.74, 6) is 0.746. The second-order valence-electron chi connectivity index (χ2n) is 6.94. The molecule has 2 fully saturated rings. The van der Waals surface area contributed by atoms with Crippen molar-refractivity contribution in [3.05, 3.63) is 0 Å². The number of likely N-dealkylation sites (N-methyl/N-ethyl adjacent to an activating group) is 2. The largest absolute Gasteiger partial charge is 0.314 e. The van der Waals surface area contributed by atoms with Gasteiger partial charge in [-0.1, -0.05) is 13.8 Å². The van der Waals surface area contributed by atoms with Crippen molar-refractivity contribution in [2.45, 2.75) is 45.3 Å². The Labute approximate surface area is 125 Å². The van der Waals surface area contributed by atoms with E-state index in [1.165, 1.54) is 39.1 Å². The molecule has 0 spiro atoms. The highest BCUT2D eigenvalue weighted by Crippen LogP contribution is 2.24. The van der Waals surface area contributed by atoms with Gasteiger partial charge in [0.2, 0.25) is 0 Å². The van der Waals surface area contributed by atoms with Gasteiger partial charge >= 0.3 is 0 Å². The van der Waals surface area contributed by atoms with Gasteiger partial charge in [-0.2, -0.15) is 0 Å². The third-order valence-corrected chi connectivity index (χ3v) is 5.59. The number of likely N-dealkylation sites (tertiary alicyclic amines) is 1. The highest BCUT2D eigenvalue weighted by Gasteiger charge is 2.34. The van der Waals surface area contributed by atoms with E-state index in [9.17, 15) is 0 Å². The Bertz CT molecular complexity index is 296. The molecule has 0 radical (unpaired) electrons. The Kier molecular flexibility index (Phi) is 5.84. The maximum absolute atomic E-state index is 3.66. The summed E-state index contributed by atoms with van der Waals surface area (Å²) in [5.41, 5.74) is 0. The predicted molar refractivity (Wildman–Crippen MR) is 86.2 cm³/mol. The molecule has 0 aliphatic carbocycles.